The van der Waals surface area contributed by atoms with Crippen molar-refractivity contribution in [2.45, 2.75) is 44.9 Å². The molecule has 3 aromatic rings. The first kappa shape index (κ1) is 22.8. The number of likely N-dealkylation sites (tertiary alicyclic amines) is 1. The lowest BCUT2D eigenvalue weighted by Crippen LogP contribution is -2.40. The van der Waals surface area contributed by atoms with Crippen LogP contribution in [0.4, 0.5) is 10.2 Å². The van der Waals surface area contributed by atoms with Crippen LogP contribution in [0.3, 0.4) is 0 Å². The van der Waals surface area contributed by atoms with Gasteiger partial charge in [0.05, 0.1) is 22.0 Å². The number of anilines is 1. The van der Waals surface area contributed by atoms with Crippen molar-refractivity contribution in [1.82, 2.24) is 18.8 Å². The van der Waals surface area contributed by atoms with Crippen molar-refractivity contribution in [3.05, 3.63) is 47.7 Å². The summed E-state index contributed by atoms with van der Waals surface area (Å²) in [7, 11) is -3.87. The molecule has 0 amide bonds. The zero-order valence-corrected chi connectivity index (χ0v) is 19.8. The van der Waals surface area contributed by atoms with Gasteiger partial charge in [-0.3, -0.25) is 0 Å². The maximum atomic E-state index is 13.7. The van der Waals surface area contributed by atoms with E-state index in [1.807, 2.05) is 12.1 Å². The van der Waals surface area contributed by atoms with E-state index >= 15 is 0 Å². The highest BCUT2D eigenvalue weighted by molar-refractivity contribution is 7.94. The van der Waals surface area contributed by atoms with Crippen LogP contribution in [-0.2, 0) is 10.0 Å². The van der Waals surface area contributed by atoms with Crippen molar-refractivity contribution in [2.24, 2.45) is 0 Å². The van der Waals surface area contributed by atoms with E-state index in [0.717, 1.165) is 25.9 Å². The monoisotopic (exact) mass is 485 g/mol. The first-order chi connectivity index (χ1) is 16.4. The van der Waals surface area contributed by atoms with Crippen molar-refractivity contribution in [1.29, 1.82) is 0 Å². The Bertz CT molecular complexity index is 1390. The van der Waals surface area contributed by atoms with Gasteiger partial charge in [0, 0.05) is 31.2 Å². The zero-order chi connectivity index (χ0) is 23.9. The van der Waals surface area contributed by atoms with Gasteiger partial charge in [0.15, 0.2) is 17.2 Å². The largest absolute Gasteiger partial charge is 0.486 e. The van der Waals surface area contributed by atoms with Crippen molar-refractivity contribution in [3.63, 3.8) is 0 Å². The quantitative estimate of drug-likeness (QED) is 0.567. The molecule has 2 N–H and O–H groups in total. The fourth-order valence-electron chi connectivity index (χ4n) is 4.79. The molecule has 2 aliphatic rings. The Morgan fingerprint density at radius 3 is 2.79 bits per heavy atom. The highest BCUT2D eigenvalue weighted by atomic mass is 32.2. The number of nitrogen functional groups attached to an aromatic ring is 1. The van der Waals surface area contributed by atoms with Crippen LogP contribution in [0.25, 0.3) is 21.9 Å². The van der Waals surface area contributed by atoms with Crippen LogP contribution < -0.4 is 10.5 Å². The molecule has 1 aliphatic carbocycles. The van der Waals surface area contributed by atoms with E-state index in [4.69, 9.17) is 10.5 Å². The van der Waals surface area contributed by atoms with Crippen LogP contribution in [0, 0.1) is 0 Å². The van der Waals surface area contributed by atoms with Gasteiger partial charge in [-0.25, -0.2) is 26.7 Å². The average Bonchev–Trinajstić information content (AvgIpc) is 3.17. The Kier molecular flexibility index (Phi) is 6.03. The number of halogens is 1. The van der Waals surface area contributed by atoms with Gasteiger partial charge in [0.25, 0.3) is 10.0 Å². The molecule has 0 radical (unpaired) electrons. The van der Waals surface area contributed by atoms with Gasteiger partial charge >= 0.3 is 0 Å². The lowest BCUT2D eigenvalue weighted by atomic mass is 10.1. The van der Waals surface area contributed by atoms with Gasteiger partial charge in [0.1, 0.15) is 12.3 Å². The van der Waals surface area contributed by atoms with Gasteiger partial charge in [-0.15, -0.1) is 0 Å². The molecule has 0 saturated carbocycles. The number of pyridine rings is 2. The Morgan fingerprint density at radius 1 is 1.29 bits per heavy atom. The third-order valence-corrected chi connectivity index (χ3v) is 8.24. The molecule has 8 nitrogen and oxygen atoms in total. The predicted octanol–water partition coefficient (Wildman–Crippen LogP) is 3.78. The summed E-state index contributed by atoms with van der Waals surface area (Å²) in [6.07, 6.45) is 9.91. The molecular weight excluding hydrogens is 457 g/mol. The Hall–Kier alpha value is -2.98. The Balaban J connectivity index is 1.59. The Labute approximate surface area is 198 Å². The molecule has 3 aromatic heterocycles. The predicted molar refractivity (Wildman–Crippen MR) is 131 cm³/mol. The number of hydrogen-bond acceptors (Lipinski definition) is 7. The number of aromatic nitrogens is 3. The average molecular weight is 486 g/mol. The molecule has 0 spiro atoms. The van der Waals surface area contributed by atoms with Crippen molar-refractivity contribution < 1.29 is 17.5 Å². The second kappa shape index (κ2) is 8.99. The highest BCUT2D eigenvalue weighted by Crippen LogP contribution is 2.40. The van der Waals surface area contributed by atoms with Gasteiger partial charge in [-0.1, -0.05) is 12.2 Å². The molecule has 5 rings (SSSR count). The van der Waals surface area contributed by atoms with E-state index in [0.29, 0.717) is 52.0 Å². The summed E-state index contributed by atoms with van der Waals surface area (Å²) in [5.41, 5.74) is 6.96. The SMILES string of the molecule is CC(F)CN1CCC(Oc2c(N)ncc3c2c2cccnc2n3S(=O)(=O)C2=CC=CCC2)CC1. The van der Waals surface area contributed by atoms with Crippen molar-refractivity contribution in [2.75, 3.05) is 25.4 Å². The first-order valence-corrected chi connectivity index (χ1v) is 13.0. The molecule has 1 atom stereocenters. The lowest BCUT2D eigenvalue weighted by molar-refractivity contribution is 0.0884. The summed E-state index contributed by atoms with van der Waals surface area (Å²) in [5.74, 6) is 0.576. The minimum atomic E-state index is -3.87. The number of piperidine rings is 1. The van der Waals surface area contributed by atoms with Gasteiger partial charge < -0.3 is 15.4 Å². The number of nitrogens with zero attached hydrogens (tertiary/aromatic N) is 4. The van der Waals surface area contributed by atoms with Crippen LogP contribution in [0.2, 0.25) is 0 Å². The summed E-state index contributed by atoms with van der Waals surface area (Å²) in [5, 5.41) is 1.23. The molecular formula is C24H28FN5O3S. The highest BCUT2D eigenvalue weighted by Gasteiger charge is 2.30. The summed E-state index contributed by atoms with van der Waals surface area (Å²) in [4.78, 5) is 11.1. The molecule has 180 valence electrons. The maximum Gasteiger partial charge on any atom is 0.266 e. The topological polar surface area (TPSA) is 103 Å². The van der Waals surface area contributed by atoms with E-state index in [2.05, 4.69) is 14.9 Å². The number of alkyl halides is 1. The third-order valence-electron chi connectivity index (χ3n) is 6.39. The molecule has 1 aliphatic heterocycles. The number of hydrogen-bond donors (Lipinski definition) is 1. The summed E-state index contributed by atoms with van der Waals surface area (Å²) >= 11 is 0. The smallest absolute Gasteiger partial charge is 0.266 e. The second-order valence-electron chi connectivity index (χ2n) is 8.88. The van der Waals surface area contributed by atoms with E-state index in [-0.39, 0.29) is 11.9 Å². The number of rotatable bonds is 6. The summed E-state index contributed by atoms with van der Waals surface area (Å²) in [6.45, 7) is 3.42. The van der Waals surface area contributed by atoms with Gasteiger partial charge in [-0.2, -0.15) is 0 Å². The number of allylic oxidation sites excluding steroid dienone is 4. The molecule has 10 heteroatoms. The number of nitrogens with two attached hydrogens (primary N) is 1. The van der Waals surface area contributed by atoms with Crippen LogP contribution in [0.1, 0.15) is 32.6 Å². The fourth-order valence-corrected chi connectivity index (χ4v) is 6.42. The Morgan fingerprint density at radius 2 is 2.09 bits per heavy atom. The molecule has 1 unspecified atom stereocenters. The fraction of sp³-hybridized carbons (Fsp3) is 0.417. The molecule has 1 saturated heterocycles. The molecule has 0 aromatic carbocycles. The summed E-state index contributed by atoms with van der Waals surface area (Å²) in [6, 6.07) is 3.59. The van der Waals surface area contributed by atoms with Crippen molar-refractivity contribution in [3.8, 4) is 5.75 Å². The molecule has 0 bridgehead atoms. The second-order valence-corrected chi connectivity index (χ2v) is 10.7. The van der Waals surface area contributed by atoms with Crippen molar-refractivity contribution >= 4 is 37.8 Å². The molecule has 4 heterocycles. The summed E-state index contributed by atoms with van der Waals surface area (Å²) < 4.78 is 48.3. The third kappa shape index (κ3) is 4.05. The van der Waals surface area contributed by atoms with Crippen LogP contribution in [-0.4, -0.2) is 59.2 Å². The first-order valence-electron chi connectivity index (χ1n) is 11.5. The van der Waals surface area contributed by atoms with Gasteiger partial charge in [-0.05, 0) is 50.8 Å². The maximum absolute atomic E-state index is 13.7. The van der Waals surface area contributed by atoms with Crippen LogP contribution in [0.15, 0.2) is 47.7 Å². The van der Waals surface area contributed by atoms with E-state index < -0.39 is 16.2 Å². The van der Waals surface area contributed by atoms with Gasteiger partial charge in [0.2, 0.25) is 0 Å². The van der Waals surface area contributed by atoms with E-state index in [1.54, 1.807) is 31.3 Å². The number of fused-ring (bicyclic) bond motifs is 3. The molecule has 34 heavy (non-hydrogen) atoms. The van der Waals surface area contributed by atoms with Crippen LogP contribution >= 0.6 is 0 Å². The van der Waals surface area contributed by atoms with Crippen LogP contribution in [0.5, 0.6) is 5.75 Å². The minimum Gasteiger partial charge on any atom is -0.486 e. The normalized spacial score (nSPS) is 18.9. The number of ether oxygens (including phenoxy) is 1. The van der Waals surface area contributed by atoms with E-state index in [9.17, 15) is 12.8 Å². The minimum absolute atomic E-state index is 0.126. The lowest BCUT2D eigenvalue weighted by Gasteiger charge is -2.32. The standard InChI is InChI=1S/C24H28FN5O3S/c1-16(25)15-29-12-9-17(10-13-29)33-22-21-19-8-5-11-27-24(19)30(20(21)14-28-23(22)26)34(31,32)18-6-3-2-4-7-18/h2-3,5-6,8,11,14,16-17H,4,7,9-10,12-13,15H2,1H3,(H2,26,28). The molecule has 1 fully saturated rings. The van der Waals surface area contributed by atoms with E-state index in [1.165, 1.54) is 10.2 Å². The zero-order valence-electron chi connectivity index (χ0n) is 19.0.